The molecule has 0 saturated heterocycles. The molecule has 6 aromatic rings. The molecular formula is C33H32N2OS. The maximum Gasteiger partial charge on any atom is 0.144 e. The maximum absolute atomic E-state index is 8.98. The number of fused-ring (bicyclic) bond motifs is 4. The van der Waals surface area contributed by atoms with Gasteiger partial charge in [-0.05, 0) is 60.2 Å². The second-order valence-corrected chi connectivity index (χ2v) is 12.3. The lowest BCUT2D eigenvalue weighted by Crippen LogP contribution is -2.09. The van der Waals surface area contributed by atoms with Gasteiger partial charge in [0.2, 0.25) is 0 Å². The predicted octanol–water partition coefficient (Wildman–Crippen LogP) is 9.96. The molecule has 0 unspecified atom stereocenters. The second kappa shape index (κ2) is 8.53. The minimum Gasteiger partial charge on any atom is -0.455 e. The van der Waals surface area contributed by atoms with E-state index in [0.717, 1.165) is 60.4 Å². The molecule has 0 radical (unpaired) electrons. The van der Waals surface area contributed by atoms with Crippen LogP contribution in [0.3, 0.4) is 0 Å². The molecule has 186 valence electrons. The van der Waals surface area contributed by atoms with Gasteiger partial charge in [0.25, 0.3) is 0 Å². The first-order valence-electron chi connectivity index (χ1n) is 13.3. The number of para-hydroxylation sites is 1. The van der Waals surface area contributed by atoms with E-state index in [0.29, 0.717) is 0 Å². The number of thiazole rings is 1. The highest BCUT2D eigenvalue weighted by molar-refractivity contribution is 7.18. The molecule has 0 saturated carbocycles. The Morgan fingerprint density at radius 3 is 2.35 bits per heavy atom. The summed E-state index contributed by atoms with van der Waals surface area (Å²) in [6.07, 6.45) is 1.94. The van der Waals surface area contributed by atoms with Gasteiger partial charge in [-0.25, -0.2) is 4.98 Å². The van der Waals surface area contributed by atoms with E-state index >= 15 is 0 Å². The van der Waals surface area contributed by atoms with E-state index in [1.807, 2.05) is 20.0 Å². The number of benzene rings is 3. The molecule has 3 nitrogen and oxygen atoms in total. The molecule has 3 aromatic heterocycles. The number of aryl methyl sites for hydroxylation is 2. The number of furan rings is 1. The zero-order valence-corrected chi connectivity index (χ0v) is 23.3. The molecule has 0 spiro atoms. The van der Waals surface area contributed by atoms with Crippen LogP contribution in [0.25, 0.3) is 54.5 Å². The zero-order chi connectivity index (χ0) is 27.0. The summed E-state index contributed by atoms with van der Waals surface area (Å²) >= 11 is 1.75. The van der Waals surface area contributed by atoms with E-state index in [1.54, 1.807) is 11.3 Å². The van der Waals surface area contributed by atoms with Gasteiger partial charge in [0.05, 0.1) is 20.9 Å². The molecule has 0 fully saturated rings. The molecule has 0 atom stereocenters. The Labute approximate surface area is 223 Å². The second-order valence-electron chi connectivity index (χ2n) is 11.3. The molecule has 0 amide bonds. The fourth-order valence-electron chi connectivity index (χ4n) is 5.20. The minimum absolute atomic E-state index is 0.0120. The van der Waals surface area contributed by atoms with Gasteiger partial charge >= 0.3 is 0 Å². The lowest BCUT2D eigenvalue weighted by molar-refractivity contribution is 0.587. The standard InChI is InChI=1S/C33H32N2OS/c1-18(2)23-14-26(34-17-25(23)30-19(3)10-8-11-20(30)4)22-13-9-12-21-24-15-29-27(16-28(24)36-31(21)22)35-32(37-29)33(5,6)7/h8-18H,1-7H3/i18D. The minimum atomic E-state index is -0.801. The van der Waals surface area contributed by atoms with Crippen LogP contribution in [0.5, 0.6) is 0 Å². The summed E-state index contributed by atoms with van der Waals surface area (Å²) in [5.41, 5.74) is 9.89. The van der Waals surface area contributed by atoms with Crippen molar-refractivity contribution in [3.63, 3.8) is 0 Å². The van der Waals surface area contributed by atoms with E-state index in [2.05, 4.69) is 89.2 Å². The number of rotatable bonds is 3. The number of nitrogens with zero attached hydrogens (tertiary/aromatic N) is 2. The van der Waals surface area contributed by atoms with Gasteiger partial charge in [0.1, 0.15) is 11.2 Å². The highest BCUT2D eigenvalue weighted by Crippen LogP contribution is 2.41. The van der Waals surface area contributed by atoms with Crippen LogP contribution in [0, 0.1) is 13.8 Å². The first-order valence-corrected chi connectivity index (χ1v) is 13.6. The normalized spacial score (nSPS) is 13.1. The quantitative estimate of drug-likeness (QED) is 0.240. The Balaban J connectivity index is 1.56. The molecule has 3 heterocycles. The average molecular weight is 506 g/mol. The Morgan fingerprint density at radius 1 is 0.919 bits per heavy atom. The van der Waals surface area contributed by atoms with Gasteiger partial charge in [-0.3, -0.25) is 4.98 Å². The monoisotopic (exact) mass is 505 g/mol. The molecular weight excluding hydrogens is 472 g/mol. The molecule has 0 aliphatic carbocycles. The van der Waals surface area contributed by atoms with Crippen LogP contribution < -0.4 is 0 Å². The number of hydrogen-bond donors (Lipinski definition) is 0. The van der Waals surface area contributed by atoms with Crippen molar-refractivity contribution in [2.75, 3.05) is 0 Å². The molecule has 4 heteroatoms. The van der Waals surface area contributed by atoms with Crippen molar-refractivity contribution in [2.24, 2.45) is 0 Å². The molecule has 37 heavy (non-hydrogen) atoms. The van der Waals surface area contributed by atoms with Crippen LogP contribution in [0.4, 0.5) is 0 Å². The highest BCUT2D eigenvalue weighted by atomic mass is 32.1. The lowest BCUT2D eigenvalue weighted by atomic mass is 9.88. The third-order valence-electron chi connectivity index (χ3n) is 7.12. The van der Waals surface area contributed by atoms with Crippen LogP contribution in [-0.2, 0) is 5.41 Å². The van der Waals surface area contributed by atoms with Crippen molar-refractivity contribution in [1.29, 1.82) is 0 Å². The van der Waals surface area contributed by atoms with E-state index in [9.17, 15) is 0 Å². The van der Waals surface area contributed by atoms with Crippen LogP contribution >= 0.6 is 11.3 Å². The largest absolute Gasteiger partial charge is 0.455 e. The Hall–Kier alpha value is -3.50. The van der Waals surface area contributed by atoms with Crippen molar-refractivity contribution >= 4 is 43.5 Å². The fraction of sp³-hybridized carbons (Fsp3) is 0.273. The van der Waals surface area contributed by atoms with Gasteiger partial charge < -0.3 is 4.42 Å². The average Bonchev–Trinajstić information content (AvgIpc) is 3.42. The van der Waals surface area contributed by atoms with Gasteiger partial charge in [0.15, 0.2) is 0 Å². The Kier molecular flexibility index (Phi) is 5.23. The van der Waals surface area contributed by atoms with Crippen LogP contribution in [0.1, 0.15) is 63.6 Å². The van der Waals surface area contributed by atoms with Crippen molar-refractivity contribution in [3.05, 3.63) is 82.5 Å². The first-order chi connectivity index (χ1) is 17.9. The highest BCUT2D eigenvalue weighted by Gasteiger charge is 2.21. The predicted molar refractivity (Wildman–Crippen MR) is 158 cm³/mol. The third-order valence-corrected chi connectivity index (χ3v) is 8.56. The number of pyridine rings is 1. The summed E-state index contributed by atoms with van der Waals surface area (Å²) in [5.74, 6) is -0.801. The van der Waals surface area contributed by atoms with Crippen molar-refractivity contribution in [1.82, 2.24) is 9.97 Å². The lowest BCUT2D eigenvalue weighted by Gasteiger charge is -2.18. The topological polar surface area (TPSA) is 38.9 Å². The Bertz CT molecular complexity index is 1840. The summed E-state index contributed by atoms with van der Waals surface area (Å²) in [7, 11) is 0. The molecule has 0 aliphatic rings. The fourth-order valence-corrected chi connectivity index (χ4v) is 6.24. The van der Waals surface area contributed by atoms with Gasteiger partial charge in [-0.15, -0.1) is 11.3 Å². The summed E-state index contributed by atoms with van der Waals surface area (Å²) < 4.78 is 16.7. The maximum atomic E-state index is 8.98. The molecule has 3 aromatic carbocycles. The summed E-state index contributed by atoms with van der Waals surface area (Å²) in [6.45, 7) is 14.7. The summed E-state index contributed by atoms with van der Waals surface area (Å²) in [4.78, 5) is 9.83. The van der Waals surface area contributed by atoms with Crippen LogP contribution in [0.15, 0.2) is 65.2 Å². The van der Waals surface area contributed by atoms with Gasteiger partial charge in [-0.1, -0.05) is 65.0 Å². The van der Waals surface area contributed by atoms with E-state index in [4.69, 9.17) is 15.8 Å². The number of aromatic nitrogens is 2. The van der Waals surface area contributed by atoms with Crippen LogP contribution in [-0.4, -0.2) is 9.97 Å². The molecule has 0 bridgehead atoms. The Morgan fingerprint density at radius 2 is 1.65 bits per heavy atom. The van der Waals surface area contributed by atoms with E-state index < -0.39 is 5.89 Å². The van der Waals surface area contributed by atoms with Crippen molar-refractivity contribution in [2.45, 2.75) is 59.8 Å². The molecule has 0 aliphatic heterocycles. The van der Waals surface area contributed by atoms with Crippen molar-refractivity contribution < 1.29 is 5.79 Å². The van der Waals surface area contributed by atoms with Crippen LogP contribution in [0.2, 0.25) is 0 Å². The number of hydrogen-bond acceptors (Lipinski definition) is 4. The summed E-state index contributed by atoms with van der Waals surface area (Å²) in [6, 6.07) is 18.9. The molecule has 0 N–H and O–H groups in total. The van der Waals surface area contributed by atoms with E-state index in [-0.39, 0.29) is 5.41 Å². The first kappa shape index (κ1) is 22.7. The zero-order valence-electron chi connectivity index (χ0n) is 23.5. The van der Waals surface area contributed by atoms with E-state index in [1.165, 1.54) is 15.8 Å². The molecule has 6 rings (SSSR count). The van der Waals surface area contributed by atoms with Gasteiger partial charge in [-0.2, -0.15) is 0 Å². The van der Waals surface area contributed by atoms with Crippen molar-refractivity contribution in [3.8, 4) is 22.4 Å². The van der Waals surface area contributed by atoms with Gasteiger partial charge in [0, 0.05) is 40.9 Å². The SMILES string of the molecule is [2H]C(C)(C)c1cc(-c2cccc3c2oc2cc4nc(C(C)(C)C)sc4cc23)ncc1-c1c(C)cccc1C. The third kappa shape index (κ3) is 3.95. The smallest absolute Gasteiger partial charge is 0.144 e. The summed E-state index contributed by atoms with van der Waals surface area (Å²) in [5, 5.41) is 3.29.